The number of nitrogens with two attached hydrogens (primary N) is 1. The van der Waals surface area contributed by atoms with Crippen LogP contribution in [-0.2, 0) is 13.1 Å². The van der Waals surface area contributed by atoms with Crippen LogP contribution < -0.4 is 10.6 Å². The summed E-state index contributed by atoms with van der Waals surface area (Å²) in [5.41, 5.74) is 10.3. The molecule has 0 fully saturated rings. The molecule has 0 saturated heterocycles. The molecular weight excluding hydrogens is 236 g/mol. The van der Waals surface area contributed by atoms with E-state index in [-0.39, 0.29) is 0 Å². The fourth-order valence-corrected chi connectivity index (χ4v) is 2.25. The Morgan fingerprint density at radius 1 is 1.32 bits per heavy atom. The van der Waals surface area contributed by atoms with E-state index in [1.165, 1.54) is 5.56 Å². The highest BCUT2D eigenvalue weighted by Crippen LogP contribution is 2.22. The molecule has 0 bridgehead atoms. The number of aromatic nitrogens is 2. The second-order valence-electron chi connectivity index (χ2n) is 4.80. The number of hydrogen-bond donors (Lipinski definition) is 1. The van der Waals surface area contributed by atoms with Gasteiger partial charge in [0.25, 0.3) is 0 Å². The highest BCUT2D eigenvalue weighted by molar-refractivity contribution is 5.51. The first-order valence-electron chi connectivity index (χ1n) is 6.39. The van der Waals surface area contributed by atoms with Crippen molar-refractivity contribution >= 4 is 5.82 Å². The lowest BCUT2D eigenvalue weighted by Gasteiger charge is -2.22. The molecule has 0 amide bonds. The van der Waals surface area contributed by atoms with E-state index in [4.69, 9.17) is 5.73 Å². The van der Waals surface area contributed by atoms with Gasteiger partial charge in [0, 0.05) is 43.8 Å². The van der Waals surface area contributed by atoms with E-state index in [9.17, 15) is 0 Å². The Balaban J connectivity index is 2.30. The highest BCUT2D eigenvalue weighted by atomic mass is 15.2. The molecule has 0 unspecified atom stereocenters. The Labute approximate surface area is 114 Å². The maximum atomic E-state index is 5.85. The van der Waals surface area contributed by atoms with Gasteiger partial charge in [0.15, 0.2) is 0 Å². The summed E-state index contributed by atoms with van der Waals surface area (Å²) in [5.74, 6) is 0.962. The van der Waals surface area contributed by atoms with Gasteiger partial charge >= 0.3 is 0 Å². The van der Waals surface area contributed by atoms with Crippen LogP contribution in [0.15, 0.2) is 30.6 Å². The van der Waals surface area contributed by atoms with Gasteiger partial charge in [-0.3, -0.25) is 4.98 Å². The third-order valence-electron chi connectivity index (χ3n) is 3.16. The average molecular weight is 256 g/mol. The smallest absolute Gasteiger partial charge is 0.133 e. The number of aryl methyl sites for hydroxylation is 2. The van der Waals surface area contributed by atoms with Crippen molar-refractivity contribution in [2.24, 2.45) is 5.73 Å². The maximum Gasteiger partial charge on any atom is 0.133 e. The quantitative estimate of drug-likeness (QED) is 0.911. The topological polar surface area (TPSA) is 55.0 Å². The minimum Gasteiger partial charge on any atom is -0.355 e. The minimum absolute atomic E-state index is 0.506. The van der Waals surface area contributed by atoms with Crippen LogP contribution in [0, 0.1) is 13.8 Å². The Morgan fingerprint density at radius 2 is 2.11 bits per heavy atom. The molecule has 2 N–H and O–H groups in total. The predicted molar refractivity (Wildman–Crippen MR) is 77.9 cm³/mol. The SMILES string of the molecule is Cc1cc(C)c(CN)c(N(C)Cc2cccnc2)n1. The van der Waals surface area contributed by atoms with Crippen molar-refractivity contribution in [1.82, 2.24) is 9.97 Å². The van der Waals surface area contributed by atoms with Gasteiger partial charge in [-0.05, 0) is 37.1 Å². The third-order valence-corrected chi connectivity index (χ3v) is 3.16. The van der Waals surface area contributed by atoms with Crippen molar-refractivity contribution in [2.45, 2.75) is 26.9 Å². The van der Waals surface area contributed by atoms with E-state index in [1.807, 2.05) is 26.2 Å². The van der Waals surface area contributed by atoms with Gasteiger partial charge in [0.2, 0.25) is 0 Å². The normalized spacial score (nSPS) is 10.5. The van der Waals surface area contributed by atoms with Gasteiger partial charge in [0.05, 0.1) is 0 Å². The molecular formula is C15H20N4. The molecule has 0 aromatic carbocycles. The molecule has 0 aliphatic heterocycles. The molecule has 100 valence electrons. The first-order chi connectivity index (χ1) is 9.11. The molecule has 0 saturated carbocycles. The van der Waals surface area contributed by atoms with Crippen LogP contribution in [0.5, 0.6) is 0 Å². The van der Waals surface area contributed by atoms with E-state index in [2.05, 4.69) is 33.9 Å². The zero-order valence-corrected chi connectivity index (χ0v) is 11.7. The summed E-state index contributed by atoms with van der Waals surface area (Å²) < 4.78 is 0. The molecule has 2 rings (SSSR count). The van der Waals surface area contributed by atoms with Gasteiger partial charge in [0.1, 0.15) is 5.82 Å². The van der Waals surface area contributed by atoms with Crippen LogP contribution in [0.4, 0.5) is 5.82 Å². The summed E-state index contributed by atoms with van der Waals surface area (Å²) >= 11 is 0. The minimum atomic E-state index is 0.506. The van der Waals surface area contributed by atoms with Crippen LogP contribution >= 0.6 is 0 Å². The van der Waals surface area contributed by atoms with Crippen molar-refractivity contribution in [3.05, 3.63) is 53.0 Å². The zero-order chi connectivity index (χ0) is 13.8. The van der Waals surface area contributed by atoms with Crippen molar-refractivity contribution in [1.29, 1.82) is 0 Å². The summed E-state index contributed by atoms with van der Waals surface area (Å²) in [6.07, 6.45) is 3.66. The van der Waals surface area contributed by atoms with Crippen molar-refractivity contribution in [3.63, 3.8) is 0 Å². The lowest BCUT2D eigenvalue weighted by atomic mass is 10.1. The average Bonchev–Trinajstić information content (AvgIpc) is 2.39. The molecule has 0 spiro atoms. The van der Waals surface area contributed by atoms with Gasteiger partial charge in [-0.2, -0.15) is 0 Å². The van der Waals surface area contributed by atoms with Crippen LogP contribution in [0.25, 0.3) is 0 Å². The van der Waals surface area contributed by atoms with E-state index >= 15 is 0 Å². The molecule has 2 aromatic heterocycles. The van der Waals surface area contributed by atoms with E-state index in [0.717, 1.165) is 29.2 Å². The molecule has 0 aliphatic rings. The summed E-state index contributed by atoms with van der Waals surface area (Å²) in [4.78, 5) is 10.9. The Hall–Kier alpha value is -1.94. The molecule has 0 radical (unpaired) electrons. The van der Waals surface area contributed by atoms with Crippen molar-refractivity contribution in [3.8, 4) is 0 Å². The van der Waals surface area contributed by atoms with Crippen LogP contribution in [0.3, 0.4) is 0 Å². The Kier molecular flexibility index (Phi) is 4.12. The first-order valence-corrected chi connectivity index (χ1v) is 6.39. The third kappa shape index (κ3) is 3.09. The second-order valence-corrected chi connectivity index (χ2v) is 4.80. The molecule has 0 aliphatic carbocycles. The molecule has 4 nitrogen and oxygen atoms in total. The Morgan fingerprint density at radius 3 is 2.74 bits per heavy atom. The molecule has 19 heavy (non-hydrogen) atoms. The molecule has 4 heteroatoms. The van der Waals surface area contributed by atoms with Crippen LogP contribution in [0.1, 0.15) is 22.4 Å². The monoisotopic (exact) mass is 256 g/mol. The second kappa shape index (κ2) is 5.80. The standard InChI is InChI=1S/C15H20N4/c1-11-7-12(2)18-15(14(11)8-16)19(3)10-13-5-4-6-17-9-13/h4-7,9H,8,10,16H2,1-3H3. The van der Waals surface area contributed by atoms with Crippen molar-refractivity contribution in [2.75, 3.05) is 11.9 Å². The maximum absolute atomic E-state index is 5.85. The number of rotatable bonds is 4. The summed E-state index contributed by atoms with van der Waals surface area (Å²) in [7, 11) is 2.04. The lowest BCUT2D eigenvalue weighted by molar-refractivity contribution is 0.861. The fourth-order valence-electron chi connectivity index (χ4n) is 2.25. The molecule has 2 heterocycles. The van der Waals surface area contributed by atoms with E-state index in [1.54, 1.807) is 6.20 Å². The fraction of sp³-hybridized carbons (Fsp3) is 0.333. The largest absolute Gasteiger partial charge is 0.355 e. The number of nitrogens with zero attached hydrogens (tertiary/aromatic N) is 3. The summed E-state index contributed by atoms with van der Waals surface area (Å²) in [6.45, 7) is 5.37. The highest BCUT2D eigenvalue weighted by Gasteiger charge is 2.12. The number of hydrogen-bond acceptors (Lipinski definition) is 4. The van der Waals surface area contributed by atoms with Crippen molar-refractivity contribution < 1.29 is 0 Å². The van der Waals surface area contributed by atoms with Gasteiger partial charge in [-0.15, -0.1) is 0 Å². The zero-order valence-electron chi connectivity index (χ0n) is 11.7. The summed E-state index contributed by atoms with van der Waals surface area (Å²) in [6, 6.07) is 6.08. The molecule has 0 atom stereocenters. The van der Waals surface area contributed by atoms with Crippen LogP contribution in [-0.4, -0.2) is 17.0 Å². The van der Waals surface area contributed by atoms with Gasteiger partial charge < -0.3 is 10.6 Å². The van der Waals surface area contributed by atoms with Gasteiger partial charge in [-0.1, -0.05) is 6.07 Å². The molecule has 2 aromatic rings. The van der Waals surface area contributed by atoms with E-state index < -0.39 is 0 Å². The van der Waals surface area contributed by atoms with E-state index in [0.29, 0.717) is 6.54 Å². The summed E-state index contributed by atoms with van der Waals surface area (Å²) in [5, 5.41) is 0. The first kappa shape index (κ1) is 13.5. The Bertz CT molecular complexity index is 552. The number of pyridine rings is 2. The predicted octanol–water partition coefficient (Wildman–Crippen LogP) is 2.19. The number of anilines is 1. The van der Waals surface area contributed by atoms with Crippen LogP contribution in [0.2, 0.25) is 0 Å². The lowest BCUT2D eigenvalue weighted by Crippen LogP contribution is -2.21. The van der Waals surface area contributed by atoms with Gasteiger partial charge in [-0.25, -0.2) is 4.98 Å².